The van der Waals surface area contributed by atoms with E-state index in [2.05, 4.69) is 10.3 Å². The molecule has 0 atom stereocenters. The average Bonchev–Trinajstić information content (AvgIpc) is 3.02. The smallest absolute Gasteiger partial charge is 0.269 e. The molecule has 0 aliphatic heterocycles. The van der Waals surface area contributed by atoms with Crippen molar-refractivity contribution in [2.75, 3.05) is 5.32 Å². The number of rotatable bonds is 4. The highest BCUT2D eigenvalue weighted by molar-refractivity contribution is 7.14. The molecule has 0 aliphatic rings. The van der Waals surface area contributed by atoms with Crippen LogP contribution >= 0.6 is 34.5 Å². The van der Waals surface area contributed by atoms with Crippen LogP contribution in [0.15, 0.2) is 47.8 Å². The van der Waals surface area contributed by atoms with Gasteiger partial charge in [0, 0.05) is 38.7 Å². The summed E-state index contributed by atoms with van der Waals surface area (Å²) < 4.78 is 0. The van der Waals surface area contributed by atoms with Crippen molar-refractivity contribution >= 4 is 51.3 Å². The van der Waals surface area contributed by atoms with Crippen molar-refractivity contribution in [2.45, 2.75) is 0 Å². The Kier molecular flexibility index (Phi) is 4.98. The average molecular weight is 394 g/mol. The molecule has 0 spiro atoms. The third kappa shape index (κ3) is 4.14. The minimum absolute atomic E-state index is 0.00495. The molecule has 0 unspecified atom stereocenters. The summed E-state index contributed by atoms with van der Waals surface area (Å²) in [4.78, 5) is 26.8. The molecule has 6 nitrogen and oxygen atoms in total. The monoisotopic (exact) mass is 393 g/mol. The van der Waals surface area contributed by atoms with Gasteiger partial charge in [0.25, 0.3) is 11.6 Å². The number of thiazole rings is 1. The van der Waals surface area contributed by atoms with E-state index in [1.165, 1.54) is 41.7 Å². The van der Waals surface area contributed by atoms with Gasteiger partial charge in [-0.25, -0.2) is 4.98 Å². The first kappa shape index (κ1) is 17.3. The molecule has 2 aromatic carbocycles. The molecule has 0 aliphatic carbocycles. The molecule has 0 bridgehead atoms. The highest BCUT2D eigenvalue weighted by atomic mass is 35.5. The first-order valence-electron chi connectivity index (χ1n) is 6.90. The minimum atomic E-state index is -0.466. The molecule has 9 heteroatoms. The van der Waals surface area contributed by atoms with Crippen LogP contribution in [0.3, 0.4) is 0 Å². The van der Waals surface area contributed by atoms with E-state index < -0.39 is 4.92 Å². The van der Waals surface area contributed by atoms with E-state index in [0.29, 0.717) is 32.0 Å². The van der Waals surface area contributed by atoms with Crippen LogP contribution in [0, 0.1) is 10.1 Å². The SMILES string of the molecule is O=C(Nc1nc(-c2ccc([N+](=O)[O-])cc2)cs1)c1cc(Cl)cc(Cl)c1. The summed E-state index contributed by atoms with van der Waals surface area (Å²) in [5, 5.41) is 16.2. The lowest BCUT2D eigenvalue weighted by Crippen LogP contribution is -2.11. The van der Waals surface area contributed by atoms with Gasteiger partial charge in [-0.15, -0.1) is 11.3 Å². The van der Waals surface area contributed by atoms with Gasteiger partial charge in [0.1, 0.15) is 0 Å². The Labute approximate surface area is 156 Å². The molecule has 0 radical (unpaired) electrons. The number of nitrogens with one attached hydrogen (secondary N) is 1. The molecule has 1 aromatic heterocycles. The zero-order chi connectivity index (χ0) is 18.0. The second-order valence-corrected chi connectivity index (χ2v) is 6.69. The van der Waals surface area contributed by atoms with Crippen LogP contribution in [0.25, 0.3) is 11.3 Å². The molecule has 0 saturated carbocycles. The third-order valence-corrected chi connectivity index (χ3v) is 4.42. The van der Waals surface area contributed by atoms with Crippen LogP contribution in [0.4, 0.5) is 10.8 Å². The van der Waals surface area contributed by atoms with Gasteiger partial charge in [-0.1, -0.05) is 23.2 Å². The van der Waals surface area contributed by atoms with Gasteiger partial charge in [0.05, 0.1) is 10.6 Å². The molecule has 3 rings (SSSR count). The molecule has 1 heterocycles. The van der Waals surface area contributed by atoms with Gasteiger partial charge in [-0.05, 0) is 30.3 Å². The van der Waals surface area contributed by atoms with Crippen LogP contribution in [0.5, 0.6) is 0 Å². The molecular weight excluding hydrogens is 385 g/mol. The fraction of sp³-hybridized carbons (Fsp3) is 0. The predicted octanol–water partition coefficient (Wildman–Crippen LogP) is 5.28. The summed E-state index contributed by atoms with van der Waals surface area (Å²) in [6.45, 7) is 0. The second kappa shape index (κ2) is 7.18. The number of amides is 1. The number of non-ortho nitro benzene ring substituents is 1. The van der Waals surface area contributed by atoms with E-state index >= 15 is 0 Å². The van der Waals surface area contributed by atoms with E-state index in [-0.39, 0.29) is 11.6 Å². The van der Waals surface area contributed by atoms with Crippen LogP contribution in [0.1, 0.15) is 10.4 Å². The van der Waals surface area contributed by atoms with E-state index in [0.717, 1.165) is 0 Å². The maximum Gasteiger partial charge on any atom is 0.269 e. The predicted molar refractivity (Wildman–Crippen MR) is 98.6 cm³/mol. The number of nitrogens with zero attached hydrogens (tertiary/aromatic N) is 2. The summed E-state index contributed by atoms with van der Waals surface area (Å²) >= 11 is 13.0. The second-order valence-electron chi connectivity index (χ2n) is 4.95. The number of carbonyl (C=O) groups excluding carboxylic acids is 1. The fourth-order valence-electron chi connectivity index (χ4n) is 2.07. The van der Waals surface area contributed by atoms with Gasteiger partial charge in [0.15, 0.2) is 5.13 Å². The Bertz CT molecular complexity index is 937. The zero-order valence-electron chi connectivity index (χ0n) is 12.4. The number of nitro groups is 1. The van der Waals surface area contributed by atoms with Crippen LogP contribution < -0.4 is 5.32 Å². The van der Waals surface area contributed by atoms with Crippen LogP contribution in [-0.2, 0) is 0 Å². The van der Waals surface area contributed by atoms with Crippen molar-refractivity contribution < 1.29 is 9.72 Å². The van der Waals surface area contributed by atoms with E-state index in [1.54, 1.807) is 17.5 Å². The zero-order valence-corrected chi connectivity index (χ0v) is 14.7. The summed E-state index contributed by atoms with van der Waals surface area (Å²) in [7, 11) is 0. The third-order valence-electron chi connectivity index (χ3n) is 3.22. The van der Waals surface area contributed by atoms with Crippen molar-refractivity contribution in [3.63, 3.8) is 0 Å². The highest BCUT2D eigenvalue weighted by Gasteiger charge is 2.12. The minimum Gasteiger partial charge on any atom is -0.298 e. The molecule has 126 valence electrons. The summed E-state index contributed by atoms with van der Waals surface area (Å²) in [5.74, 6) is -0.381. The molecular formula is C16H9Cl2N3O3S. The normalized spacial score (nSPS) is 10.5. The molecule has 0 saturated heterocycles. The Hall–Kier alpha value is -2.48. The van der Waals surface area contributed by atoms with Crippen LogP contribution in [-0.4, -0.2) is 15.8 Å². The topological polar surface area (TPSA) is 85.1 Å². The molecule has 25 heavy (non-hydrogen) atoms. The lowest BCUT2D eigenvalue weighted by Gasteiger charge is -2.03. The quantitative estimate of drug-likeness (QED) is 0.482. The fourth-order valence-corrected chi connectivity index (χ4v) is 3.31. The molecule has 0 fully saturated rings. The summed E-state index contributed by atoms with van der Waals surface area (Å²) in [5.41, 5.74) is 1.66. The Morgan fingerprint density at radius 3 is 2.36 bits per heavy atom. The number of halogens is 2. The maximum atomic E-state index is 12.2. The maximum absolute atomic E-state index is 12.2. The Morgan fingerprint density at radius 1 is 1.12 bits per heavy atom. The lowest BCUT2D eigenvalue weighted by molar-refractivity contribution is -0.384. The van der Waals surface area contributed by atoms with Crippen molar-refractivity contribution in [2.24, 2.45) is 0 Å². The summed E-state index contributed by atoms with van der Waals surface area (Å²) in [6, 6.07) is 10.6. The van der Waals surface area contributed by atoms with Crippen molar-refractivity contribution in [3.8, 4) is 11.3 Å². The van der Waals surface area contributed by atoms with E-state index in [9.17, 15) is 14.9 Å². The van der Waals surface area contributed by atoms with Gasteiger partial charge >= 0.3 is 0 Å². The Morgan fingerprint density at radius 2 is 1.76 bits per heavy atom. The van der Waals surface area contributed by atoms with Gasteiger partial charge in [0.2, 0.25) is 0 Å². The standard InChI is InChI=1S/C16H9Cl2N3O3S/c17-11-5-10(6-12(18)7-11)15(22)20-16-19-14(8-25-16)9-1-3-13(4-2-9)21(23)24/h1-8H,(H,19,20,22). The number of benzene rings is 2. The number of aromatic nitrogens is 1. The Balaban J connectivity index is 1.77. The van der Waals surface area contributed by atoms with Crippen molar-refractivity contribution in [1.29, 1.82) is 0 Å². The first-order valence-corrected chi connectivity index (χ1v) is 8.54. The lowest BCUT2D eigenvalue weighted by atomic mass is 10.1. The number of hydrogen-bond donors (Lipinski definition) is 1. The number of hydrogen-bond acceptors (Lipinski definition) is 5. The molecule has 1 amide bonds. The first-order chi connectivity index (χ1) is 11.9. The van der Waals surface area contributed by atoms with Crippen molar-refractivity contribution in [3.05, 3.63) is 73.6 Å². The molecule has 1 N–H and O–H groups in total. The number of nitro benzene ring substituents is 1. The van der Waals surface area contributed by atoms with Gasteiger partial charge < -0.3 is 0 Å². The van der Waals surface area contributed by atoms with Gasteiger partial charge in [-0.3, -0.25) is 20.2 Å². The highest BCUT2D eigenvalue weighted by Crippen LogP contribution is 2.27. The van der Waals surface area contributed by atoms with E-state index in [4.69, 9.17) is 23.2 Å². The summed E-state index contributed by atoms with van der Waals surface area (Å²) in [6.07, 6.45) is 0. The van der Waals surface area contributed by atoms with Crippen molar-refractivity contribution in [1.82, 2.24) is 4.98 Å². The molecule has 3 aromatic rings. The number of anilines is 1. The largest absolute Gasteiger partial charge is 0.298 e. The number of carbonyl (C=O) groups is 1. The van der Waals surface area contributed by atoms with Gasteiger partial charge in [-0.2, -0.15) is 0 Å². The van der Waals surface area contributed by atoms with E-state index in [1.807, 2.05) is 0 Å². The van der Waals surface area contributed by atoms with Crippen LogP contribution in [0.2, 0.25) is 10.0 Å².